The zero-order chi connectivity index (χ0) is 10.8. The van der Waals surface area contributed by atoms with Crippen LogP contribution in [-0.2, 0) is 0 Å². The lowest BCUT2D eigenvalue weighted by atomic mass is 10.2. The fourth-order valence-corrected chi connectivity index (χ4v) is 1.76. The maximum atomic E-state index is 11.1. The van der Waals surface area contributed by atoms with Gasteiger partial charge in [0.2, 0.25) is 0 Å². The molecular formula is C12H16N2O. The van der Waals surface area contributed by atoms with Crippen LogP contribution in [0.3, 0.4) is 0 Å². The summed E-state index contributed by atoms with van der Waals surface area (Å²) in [5.41, 5.74) is 0.686. The van der Waals surface area contributed by atoms with E-state index in [9.17, 15) is 4.79 Å². The molecule has 0 bridgehead atoms. The van der Waals surface area contributed by atoms with Gasteiger partial charge in [-0.15, -0.1) is 0 Å². The molecule has 1 aromatic heterocycles. The predicted molar refractivity (Wildman–Crippen MR) is 60.3 cm³/mol. The molecule has 0 atom stereocenters. The maximum absolute atomic E-state index is 11.1. The highest BCUT2D eigenvalue weighted by Gasteiger charge is 2.28. The van der Waals surface area contributed by atoms with Gasteiger partial charge in [0.15, 0.2) is 5.78 Å². The monoisotopic (exact) mass is 204 g/mol. The molecule has 0 aromatic carbocycles. The molecule has 0 N–H and O–H groups in total. The molecule has 1 aliphatic carbocycles. The Hall–Kier alpha value is -1.38. The molecule has 0 unspecified atom stereocenters. The van der Waals surface area contributed by atoms with Gasteiger partial charge in [-0.25, -0.2) is 4.98 Å². The average Bonchev–Trinajstić information content (AvgIpc) is 3.04. The van der Waals surface area contributed by atoms with Crippen molar-refractivity contribution < 1.29 is 4.79 Å². The van der Waals surface area contributed by atoms with Crippen LogP contribution < -0.4 is 4.90 Å². The summed E-state index contributed by atoms with van der Waals surface area (Å²) in [6.45, 7) is 4.69. The van der Waals surface area contributed by atoms with E-state index in [0.717, 1.165) is 12.4 Å². The molecule has 1 saturated carbocycles. The number of anilines is 1. The van der Waals surface area contributed by atoms with Crippen LogP contribution in [0.4, 0.5) is 5.82 Å². The second kappa shape index (κ2) is 4.01. The molecule has 15 heavy (non-hydrogen) atoms. The third kappa shape index (κ3) is 2.17. The standard InChI is InChI=1S/C12H16N2O/c1-3-14(11-5-6-11)12-7-4-10(8-13-12)9(2)15/h4,7-8,11H,3,5-6H2,1-2H3. The Kier molecular flexibility index (Phi) is 2.71. The lowest BCUT2D eigenvalue weighted by Crippen LogP contribution is -2.25. The van der Waals surface area contributed by atoms with Gasteiger partial charge in [0.1, 0.15) is 5.82 Å². The SMILES string of the molecule is CCN(c1ccc(C(C)=O)cn1)C1CC1. The van der Waals surface area contributed by atoms with Crippen molar-refractivity contribution in [3.05, 3.63) is 23.9 Å². The van der Waals surface area contributed by atoms with E-state index in [4.69, 9.17) is 0 Å². The first kappa shape index (κ1) is 10.1. The molecule has 80 valence electrons. The summed E-state index contributed by atoms with van der Waals surface area (Å²) >= 11 is 0. The van der Waals surface area contributed by atoms with Crippen molar-refractivity contribution in [3.63, 3.8) is 0 Å². The van der Waals surface area contributed by atoms with Gasteiger partial charge in [-0.05, 0) is 38.8 Å². The van der Waals surface area contributed by atoms with Crippen LogP contribution in [0.2, 0.25) is 0 Å². The third-order valence-corrected chi connectivity index (χ3v) is 2.78. The topological polar surface area (TPSA) is 33.2 Å². The Balaban J connectivity index is 2.17. The number of Topliss-reactive ketones (excluding diaryl/α,β-unsaturated/α-hetero) is 1. The van der Waals surface area contributed by atoms with Gasteiger partial charge in [0, 0.05) is 24.3 Å². The van der Waals surface area contributed by atoms with E-state index in [2.05, 4.69) is 16.8 Å². The van der Waals surface area contributed by atoms with Crippen molar-refractivity contribution in [1.29, 1.82) is 0 Å². The molecule has 0 saturated heterocycles. The van der Waals surface area contributed by atoms with Crippen molar-refractivity contribution in [2.24, 2.45) is 0 Å². The summed E-state index contributed by atoms with van der Waals surface area (Å²) in [4.78, 5) is 17.7. The fourth-order valence-electron chi connectivity index (χ4n) is 1.76. The van der Waals surface area contributed by atoms with E-state index in [-0.39, 0.29) is 5.78 Å². The number of pyridine rings is 1. The third-order valence-electron chi connectivity index (χ3n) is 2.78. The maximum Gasteiger partial charge on any atom is 0.161 e. The van der Waals surface area contributed by atoms with Crippen LogP contribution in [-0.4, -0.2) is 23.4 Å². The summed E-state index contributed by atoms with van der Waals surface area (Å²) in [5.74, 6) is 1.06. The van der Waals surface area contributed by atoms with Crippen LogP contribution in [0.1, 0.15) is 37.0 Å². The molecule has 3 heteroatoms. The Morgan fingerprint density at radius 2 is 2.27 bits per heavy atom. The number of rotatable bonds is 4. The Bertz CT molecular complexity index is 354. The van der Waals surface area contributed by atoms with Crippen molar-refractivity contribution in [1.82, 2.24) is 4.98 Å². The normalized spacial score (nSPS) is 15.1. The molecule has 0 amide bonds. The molecule has 0 spiro atoms. The van der Waals surface area contributed by atoms with Gasteiger partial charge < -0.3 is 4.90 Å². The highest BCUT2D eigenvalue weighted by Crippen LogP contribution is 2.30. The molecular weight excluding hydrogens is 188 g/mol. The number of ketones is 1. The number of hydrogen-bond donors (Lipinski definition) is 0. The summed E-state index contributed by atoms with van der Waals surface area (Å²) in [7, 11) is 0. The molecule has 2 rings (SSSR count). The molecule has 3 nitrogen and oxygen atoms in total. The van der Waals surface area contributed by atoms with Crippen molar-refractivity contribution in [2.75, 3.05) is 11.4 Å². The zero-order valence-corrected chi connectivity index (χ0v) is 9.23. The minimum atomic E-state index is 0.0727. The van der Waals surface area contributed by atoms with Crippen molar-refractivity contribution in [2.45, 2.75) is 32.7 Å². The first-order valence-corrected chi connectivity index (χ1v) is 5.46. The number of carbonyl (C=O) groups excluding carboxylic acids is 1. The first-order valence-electron chi connectivity index (χ1n) is 5.46. The zero-order valence-electron chi connectivity index (χ0n) is 9.23. The number of nitrogens with zero attached hydrogens (tertiary/aromatic N) is 2. The van der Waals surface area contributed by atoms with Crippen molar-refractivity contribution in [3.8, 4) is 0 Å². The van der Waals surface area contributed by atoms with E-state index in [1.165, 1.54) is 12.8 Å². The molecule has 0 radical (unpaired) electrons. The predicted octanol–water partition coefficient (Wildman–Crippen LogP) is 2.27. The van der Waals surface area contributed by atoms with Gasteiger partial charge in [-0.3, -0.25) is 4.79 Å². The lowest BCUT2D eigenvalue weighted by Gasteiger charge is -2.21. The Labute approximate surface area is 90.1 Å². The van der Waals surface area contributed by atoms with Gasteiger partial charge in [0.05, 0.1) is 0 Å². The van der Waals surface area contributed by atoms with E-state index in [1.54, 1.807) is 13.1 Å². The van der Waals surface area contributed by atoms with Gasteiger partial charge in [-0.2, -0.15) is 0 Å². The van der Waals surface area contributed by atoms with Crippen LogP contribution in [0.5, 0.6) is 0 Å². The average molecular weight is 204 g/mol. The van der Waals surface area contributed by atoms with Crippen LogP contribution in [0, 0.1) is 0 Å². The smallest absolute Gasteiger partial charge is 0.161 e. The van der Waals surface area contributed by atoms with Crippen molar-refractivity contribution >= 4 is 11.6 Å². The van der Waals surface area contributed by atoms with Crippen LogP contribution in [0.15, 0.2) is 18.3 Å². The highest BCUT2D eigenvalue weighted by atomic mass is 16.1. The second-order valence-electron chi connectivity index (χ2n) is 3.98. The van der Waals surface area contributed by atoms with Gasteiger partial charge >= 0.3 is 0 Å². The fraction of sp³-hybridized carbons (Fsp3) is 0.500. The Morgan fingerprint density at radius 3 is 2.67 bits per heavy atom. The largest absolute Gasteiger partial charge is 0.354 e. The number of aromatic nitrogens is 1. The van der Waals surface area contributed by atoms with Crippen LogP contribution >= 0.6 is 0 Å². The van der Waals surface area contributed by atoms with Crippen LogP contribution in [0.25, 0.3) is 0 Å². The minimum Gasteiger partial charge on any atom is -0.354 e. The molecule has 1 aromatic rings. The highest BCUT2D eigenvalue weighted by molar-refractivity contribution is 5.93. The second-order valence-corrected chi connectivity index (χ2v) is 3.98. The minimum absolute atomic E-state index is 0.0727. The first-order chi connectivity index (χ1) is 7.22. The van der Waals surface area contributed by atoms with Gasteiger partial charge in [0.25, 0.3) is 0 Å². The molecule has 1 fully saturated rings. The molecule has 0 aliphatic heterocycles. The summed E-state index contributed by atoms with van der Waals surface area (Å²) in [6.07, 6.45) is 4.21. The number of carbonyl (C=O) groups is 1. The quantitative estimate of drug-likeness (QED) is 0.705. The number of hydrogen-bond acceptors (Lipinski definition) is 3. The van der Waals surface area contributed by atoms with E-state index >= 15 is 0 Å². The Morgan fingerprint density at radius 1 is 1.53 bits per heavy atom. The summed E-state index contributed by atoms with van der Waals surface area (Å²) in [6, 6.07) is 4.47. The van der Waals surface area contributed by atoms with E-state index in [0.29, 0.717) is 11.6 Å². The summed E-state index contributed by atoms with van der Waals surface area (Å²) in [5, 5.41) is 0. The van der Waals surface area contributed by atoms with Gasteiger partial charge in [-0.1, -0.05) is 0 Å². The molecule has 1 heterocycles. The molecule has 1 aliphatic rings. The van der Waals surface area contributed by atoms with E-state index in [1.807, 2.05) is 12.1 Å². The summed E-state index contributed by atoms with van der Waals surface area (Å²) < 4.78 is 0. The van der Waals surface area contributed by atoms with E-state index < -0.39 is 0 Å². The lowest BCUT2D eigenvalue weighted by molar-refractivity contribution is 0.101.